The predicted octanol–water partition coefficient (Wildman–Crippen LogP) is 4.16. The number of para-hydroxylation sites is 1. The van der Waals surface area contributed by atoms with E-state index in [1.165, 1.54) is 22.9 Å². The van der Waals surface area contributed by atoms with Crippen molar-refractivity contribution in [2.75, 3.05) is 6.54 Å². The van der Waals surface area contributed by atoms with Gasteiger partial charge in [-0.2, -0.15) is 0 Å². The van der Waals surface area contributed by atoms with Gasteiger partial charge in [0, 0.05) is 19.6 Å². The van der Waals surface area contributed by atoms with Crippen LogP contribution in [-0.2, 0) is 24.3 Å². The third-order valence-corrected chi connectivity index (χ3v) is 7.51. The Hall–Kier alpha value is -3.13. The Labute approximate surface area is 202 Å². The fourth-order valence-corrected chi connectivity index (χ4v) is 5.49. The second kappa shape index (κ2) is 9.25. The molecule has 1 amide bonds. The summed E-state index contributed by atoms with van der Waals surface area (Å²) in [7, 11) is 0. The number of thioether (sulfide) groups is 1. The van der Waals surface area contributed by atoms with Gasteiger partial charge >= 0.3 is 0 Å². The minimum Gasteiger partial charge on any atom is -0.337 e. The topological polar surface area (TPSA) is 72.5 Å². The molecule has 0 saturated heterocycles. The van der Waals surface area contributed by atoms with Crippen LogP contribution in [0.1, 0.15) is 38.3 Å². The molecule has 5 rings (SSSR count). The zero-order valence-electron chi connectivity index (χ0n) is 19.8. The number of aromatic nitrogens is 4. The van der Waals surface area contributed by atoms with E-state index in [1.54, 1.807) is 4.57 Å². The van der Waals surface area contributed by atoms with Crippen LogP contribution in [0.3, 0.4) is 0 Å². The largest absolute Gasteiger partial charge is 0.337 e. The minimum absolute atomic E-state index is 0.0520. The van der Waals surface area contributed by atoms with E-state index in [1.807, 2.05) is 46.6 Å². The number of carbonyl (C=O) groups excluding carboxylic acids is 1. The summed E-state index contributed by atoms with van der Waals surface area (Å²) in [5, 5.41) is 9.75. The van der Waals surface area contributed by atoms with Crippen LogP contribution >= 0.6 is 11.8 Å². The van der Waals surface area contributed by atoms with Crippen LogP contribution in [0.15, 0.2) is 58.5 Å². The van der Waals surface area contributed by atoms with Gasteiger partial charge in [-0.15, -0.1) is 10.2 Å². The molecule has 0 N–H and O–H groups in total. The summed E-state index contributed by atoms with van der Waals surface area (Å²) < 4.78 is 3.64. The van der Waals surface area contributed by atoms with Gasteiger partial charge in [0.15, 0.2) is 5.16 Å². The Morgan fingerprint density at radius 1 is 1.03 bits per heavy atom. The molecule has 0 aliphatic carbocycles. The summed E-state index contributed by atoms with van der Waals surface area (Å²) in [6.07, 6.45) is 1.74. The normalized spacial score (nSPS) is 14.6. The number of hydrogen-bond donors (Lipinski definition) is 0. The molecule has 1 aliphatic rings. The Balaban J connectivity index is 1.47. The standard InChI is InChI=1S/C26H29N5O2S/c1-17(2)12-15-30-24(33)21-10-6-7-11-22(21)31-25(30)27-28-26(31)34-18(3)23(32)29-14-13-19-8-4-5-9-20(19)16-29/h4-11,17-18H,12-16H2,1-3H3. The summed E-state index contributed by atoms with van der Waals surface area (Å²) in [4.78, 5) is 28.5. The lowest BCUT2D eigenvalue weighted by Crippen LogP contribution is -2.40. The highest BCUT2D eigenvalue weighted by atomic mass is 32.2. The lowest BCUT2D eigenvalue weighted by atomic mass is 10.00. The molecular formula is C26H29N5O2S. The molecule has 0 bridgehead atoms. The number of benzene rings is 2. The Morgan fingerprint density at radius 3 is 2.56 bits per heavy atom. The van der Waals surface area contributed by atoms with Crippen molar-refractivity contribution in [1.29, 1.82) is 0 Å². The van der Waals surface area contributed by atoms with Crippen LogP contribution in [0.2, 0.25) is 0 Å². The first-order chi connectivity index (χ1) is 16.4. The summed E-state index contributed by atoms with van der Waals surface area (Å²) in [6, 6.07) is 15.9. The number of fused-ring (bicyclic) bond motifs is 4. The number of hydrogen-bond acceptors (Lipinski definition) is 5. The Morgan fingerprint density at radius 2 is 1.76 bits per heavy atom. The first-order valence-electron chi connectivity index (χ1n) is 11.8. The van der Waals surface area contributed by atoms with Gasteiger partial charge in [-0.25, -0.2) is 0 Å². The maximum Gasteiger partial charge on any atom is 0.262 e. The van der Waals surface area contributed by atoms with E-state index in [-0.39, 0.29) is 16.7 Å². The fourth-order valence-electron chi connectivity index (χ4n) is 4.55. The first kappa shape index (κ1) is 22.7. The van der Waals surface area contributed by atoms with E-state index < -0.39 is 0 Å². The number of carbonyl (C=O) groups is 1. The van der Waals surface area contributed by atoms with Crippen LogP contribution in [0.4, 0.5) is 0 Å². The first-order valence-corrected chi connectivity index (χ1v) is 12.7. The zero-order valence-corrected chi connectivity index (χ0v) is 20.6. The lowest BCUT2D eigenvalue weighted by molar-refractivity contribution is -0.131. The maximum atomic E-state index is 13.3. The second-order valence-corrected chi connectivity index (χ2v) is 10.6. The number of nitrogens with zero attached hydrogens (tertiary/aromatic N) is 5. The SMILES string of the molecule is CC(C)CCn1c(=O)c2ccccc2n2c(SC(C)C(=O)N3CCc4ccccc4C3)nnc12. The van der Waals surface area contributed by atoms with Gasteiger partial charge in [-0.3, -0.25) is 18.6 Å². The molecule has 34 heavy (non-hydrogen) atoms. The van der Waals surface area contributed by atoms with Gasteiger partial charge < -0.3 is 4.90 Å². The van der Waals surface area contributed by atoms with E-state index in [4.69, 9.17) is 0 Å². The van der Waals surface area contributed by atoms with Gasteiger partial charge in [-0.1, -0.05) is 62.0 Å². The molecular weight excluding hydrogens is 446 g/mol. The molecule has 1 aliphatic heterocycles. The van der Waals surface area contributed by atoms with Crippen molar-refractivity contribution < 1.29 is 4.79 Å². The molecule has 4 aromatic rings. The maximum absolute atomic E-state index is 13.3. The van der Waals surface area contributed by atoms with Crippen LogP contribution in [0, 0.1) is 5.92 Å². The highest BCUT2D eigenvalue weighted by Gasteiger charge is 2.27. The summed E-state index contributed by atoms with van der Waals surface area (Å²) in [5.41, 5.74) is 3.25. The lowest BCUT2D eigenvalue weighted by Gasteiger charge is -2.30. The van der Waals surface area contributed by atoms with Gasteiger partial charge in [0.05, 0.1) is 16.2 Å². The summed E-state index contributed by atoms with van der Waals surface area (Å²) >= 11 is 1.40. The molecule has 2 aromatic heterocycles. The highest BCUT2D eigenvalue weighted by molar-refractivity contribution is 8.00. The molecule has 0 radical (unpaired) electrons. The molecule has 2 aromatic carbocycles. The number of amides is 1. The van der Waals surface area contributed by atoms with Gasteiger partial charge in [0.1, 0.15) is 0 Å². The third kappa shape index (κ3) is 4.11. The molecule has 176 valence electrons. The molecule has 3 heterocycles. The molecule has 1 atom stereocenters. The monoisotopic (exact) mass is 475 g/mol. The van der Waals surface area contributed by atoms with E-state index >= 15 is 0 Å². The molecule has 0 fully saturated rings. The molecule has 0 saturated carbocycles. The van der Waals surface area contributed by atoms with Crippen LogP contribution in [0.25, 0.3) is 16.7 Å². The molecule has 0 spiro atoms. The van der Waals surface area contributed by atoms with Crippen molar-refractivity contribution in [3.05, 3.63) is 70.0 Å². The van der Waals surface area contributed by atoms with Crippen molar-refractivity contribution in [2.45, 2.75) is 57.1 Å². The van der Waals surface area contributed by atoms with E-state index in [9.17, 15) is 9.59 Å². The van der Waals surface area contributed by atoms with Crippen molar-refractivity contribution in [3.63, 3.8) is 0 Å². The second-order valence-electron chi connectivity index (χ2n) is 9.31. The van der Waals surface area contributed by atoms with Crippen LogP contribution < -0.4 is 5.56 Å². The summed E-state index contributed by atoms with van der Waals surface area (Å²) in [5.74, 6) is 1.08. The van der Waals surface area contributed by atoms with E-state index in [2.05, 4.69) is 42.2 Å². The van der Waals surface area contributed by atoms with Gasteiger partial charge in [-0.05, 0) is 48.9 Å². The molecule has 7 nitrogen and oxygen atoms in total. The summed E-state index contributed by atoms with van der Waals surface area (Å²) in [6.45, 7) is 8.14. The average molecular weight is 476 g/mol. The van der Waals surface area contributed by atoms with Crippen LogP contribution in [-0.4, -0.2) is 41.8 Å². The highest BCUT2D eigenvalue weighted by Crippen LogP contribution is 2.28. The van der Waals surface area contributed by atoms with Crippen molar-refractivity contribution in [2.24, 2.45) is 5.92 Å². The smallest absolute Gasteiger partial charge is 0.262 e. The van der Waals surface area contributed by atoms with E-state index in [0.29, 0.717) is 35.3 Å². The quantitative estimate of drug-likeness (QED) is 0.392. The van der Waals surface area contributed by atoms with E-state index in [0.717, 1.165) is 24.9 Å². The minimum atomic E-state index is -0.326. The number of aryl methyl sites for hydroxylation is 1. The average Bonchev–Trinajstić information content (AvgIpc) is 3.26. The molecule has 8 heteroatoms. The molecule has 1 unspecified atom stereocenters. The zero-order chi connectivity index (χ0) is 23.8. The van der Waals surface area contributed by atoms with Gasteiger partial charge in [0.2, 0.25) is 11.7 Å². The van der Waals surface area contributed by atoms with Gasteiger partial charge in [0.25, 0.3) is 5.56 Å². The Kier molecular flexibility index (Phi) is 6.16. The van der Waals surface area contributed by atoms with Crippen molar-refractivity contribution in [3.8, 4) is 0 Å². The van der Waals surface area contributed by atoms with Crippen LogP contribution in [0.5, 0.6) is 0 Å². The van der Waals surface area contributed by atoms with Crippen molar-refractivity contribution >= 4 is 34.3 Å². The predicted molar refractivity (Wildman–Crippen MR) is 135 cm³/mol. The van der Waals surface area contributed by atoms with Crippen molar-refractivity contribution in [1.82, 2.24) is 24.1 Å². The fraction of sp³-hybridized carbons (Fsp3) is 0.385. The third-order valence-electron chi connectivity index (χ3n) is 6.48. The Bertz CT molecular complexity index is 1420. The number of rotatable bonds is 6.